The molecule has 246 valence electrons. The molecule has 0 atom stereocenters. The maximum Gasteiger partial charge on any atom is 0.222 e. The molecule has 0 bridgehead atoms. The number of benzene rings is 2. The van der Waals surface area contributed by atoms with Crippen molar-refractivity contribution in [3.63, 3.8) is 0 Å². The fourth-order valence-electron chi connectivity index (χ4n) is 6.62. The number of piperidine rings is 2. The molecule has 2 saturated heterocycles. The summed E-state index contributed by atoms with van der Waals surface area (Å²) in [5.74, 6) is -0.102. The SMILES string of the molecule is CN(c1nc2cc(F)ccc2s1)C1CCN(C(=O)CCCCCCC(=O)N2CCC(N(C)c3nc4cc(F)ccc4s3)CC2)CC1. The maximum atomic E-state index is 13.6. The molecule has 0 radical (unpaired) electrons. The van der Waals surface area contributed by atoms with E-state index in [4.69, 9.17) is 0 Å². The number of carbonyl (C=O) groups is 2. The first-order valence-electron chi connectivity index (χ1n) is 16.4. The summed E-state index contributed by atoms with van der Waals surface area (Å²) in [6, 6.07) is 10.1. The van der Waals surface area contributed by atoms with Gasteiger partial charge in [0.25, 0.3) is 0 Å². The summed E-state index contributed by atoms with van der Waals surface area (Å²) in [4.78, 5) is 43.3. The number of halogens is 2. The summed E-state index contributed by atoms with van der Waals surface area (Å²) >= 11 is 3.15. The van der Waals surface area contributed by atoms with Crippen molar-refractivity contribution < 1.29 is 18.4 Å². The third-order valence-corrected chi connectivity index (χ3v) is 11.8. The highest BCUT2D eigenvalue weighted by atomic mass is 32.1. The van der Waals surface area contributed by atoms with Gasteiger partial charge in [-0.25, -0.2) is 18.7 Å². The standard InChI is InChI=1S/C34H42F2N6O2S2/c1-39(33-37-27-21-23(35)9-11-29(27)45-33)25-13-17-41(18-14-25)31(43)7-5-3-4-6-8-32(44)42-19-15-26(16-20-42)40(2)34-38-28-22-24(36)10-12-30(28)46-34/h9-12,21-22,25-26H,3-8,13-20H2,1-2H3. The molecular formula is C34H42F2N6O2S2. The molecule has 2 aliphatic heterocycles. The lowest BCUT2D eigenvalue weighted by Gasteiger charge is -2.36. The molecule has 0 spiro atoms. The van der Waals surface area contributed by atoms with Crippen molar-refractivity contribution in [2.45, 2.75) is 76.3 Å². The predicted octanol–water partition coefficient (Wildman–Crippen LogP) is 7.08. The van der Waals surface area contributed by atoms with Crippen molar-refractivity contribution in [2.24, 2.45) is 0 Å². The molecule has 2 amide bonds. The minimum absolute atomic E-state index is 0.221. The molecular weight excluding hydrogens is 627 g/mol. The number of rotatable bonds is 11. The number of thiazole rings is 2. The Morgan fingerprint density at radius 2 is 1.09 bits per heavy atom. The minimum Gasteiger partial charge on any atom is -0.348 e. The third kappa shape index (κ3) is 7.60. The van der Waals surface area contributed by atoms with Crippen molar-refractivity contribution in [2.75, 3.05) is 50.1 Å². The van der Waals surface area contributed by atoms with Crippen LogP contribution in [-0.2, 0) is 9.59 Å². The Balaban J connectivity index is 0.837. The van der Waals surface area contributed by atoms with Gasteiger partial charge in [0.15, 0.2) is 10.3 Å². The molecule has 0 unspecified atom stereocenters. The van der Waals surface area contributed by atoms with Crippen LogP contribution in [0.25, 0.3) is 20.4 Å². The Morgan fingerprint density at radius 1 is 0.696 bits per heavy atom. The van der Waals surface area contributed by atoms with Crippen molar-refractivity contribution >= 4 is 65.2 Å². The second-order valence-electron chi connectivity index (χ2n) is 12.6. The molecule has 4 aromatic rings. The van der Waals surface area contributed by atoms with Gasteiger partial charge in [0.2, 0.25) is 11.8 Å². The zero-order chi connectivity index (χ0) is 32.2. The number of hydrogen-bond donors (Lipinski definition) is 0. The largest absolute Gasteiger partial charge is 0.348 e. The molecule has 12 heteroatoms. The highest BCUT2D eigenvalue weighted by Gasteiger charge is 2.28. The lowest BCUT2D eigenvalue weighted by Crippen LogP contribution is -2.45. The smallest absolute Gasteiger partial charge is 0.222 e. The Morgan fingerprint density at radius 3 is 1.48 bits per heavy atom. The average molecular weight is 669 g/mol. The van der Waals surface area contributed by atoms with E-state index in [9.17, 15) is 18.4 Å². The molecule has 4 heterocycles. The topological polar surface area (TPSA) is 72.9 Å². The van der Waals surface area contributed by atoms with E-state index in [2.05, 4.69) is 19.8 Å². The number of aromatic nitrogens is 2. The molecule has 6 rings (SSSR count). The van der Waals surface area contributed by atoms with Crippen LogP contribution in [0.2, 0.25) is 0 Å². The van der Waals surface area contributed by atoms with Crippen LogP contribution in [0, 0.1) is 11.6 Å². The average Bonchev–Trinajstić information content (AvgIpc) is 3.69. The fraction of sp³-hybridized carbons (Fsp3) is 0.529. The molecule has 0 aliphatic carbocycles. The number of nitrogens with zero attached hydrogens (tertiary/aromatic N) is 6. The van der Waals surface area contributed by atoms with Gasteiger partial charge in [0, 0.05) is 77.3 Å². The molecule has 2 aromatic heterocycles. The van der Waals surface area contributed by atoms with E-state index in [1.165, 1.54) is 24.3 Å². The minimum atomic E-state index is -0.272. The van der Waals surface area contributed by atoms with E-state index in [0.29, 0.717) is 36.0 Å². The van der Waals surface area contributed by atoms with E-state index in [0.717, 1.165) is 97.2 Å². The molecule has 0 N–H and O–H groups in total. The quantitative estimate of drug-likeness (QED) is 0.159. The lowest BCUT2D eigenvalue weighted by atomic mass is 10.0. The highest BCUT2D eigenvalue weighted by Crippen LogP contribution is 2.33. The Hall–Kier alpha value is -3.38. The second-order valence-corrected chi connectivity index (χ2v) is 14.6. The van der Waals surface area contributed by atoms with E-state index < -0.39 is 0 Å². The first-order valence-corrected chi connectivity index (χ1v) is 18.0. The third-order valence-electron chi connectivity index (χ3n) is 9.54. The first-order chi connectivity index (χ1) is 22.2. The summed E-state index contributed by atoms with van der Waals surface area (Å²) < 4.78 is 29.1. The highest BCUT2D eigenvalue weighted by molar-refractivity contribution is 7.22. The van der Waals surface area contributed by atoms with Gasteiger partial charge < -0.3 is 19.6 Å². The number of carbonyl (C=O) groups excluding carboxylic acids is 2. The van der Waals surface area contributed by atoms with Crippen LogP contribution in [0.5, 0.6) is 0 Å². The van der Waals surface area contributed by atoms with Gasteiger partial charge in [-0.05, 0) is 62.8 Å². The summed E-state index contributed by atoms with van der Waals surface area (Å²) in [6.07, 6.45) is 8.31. The Labute approximate surface area is 277 Å². The summed E-state index contributed by atoms with van der Waals surface area (Å²) in [7, 11) is 4.08. The van der Waals surface area contributed by atoms with E-state index in [1.807, 2.05) is 23.9 Å². The van der Waals surface area contributed by atoms with Gasteiger partial charge in [-0.15, -0.1) is 0 Å². The van der Waals surface area contributed by atoms with Crippen LogP contribution in [0.4, 0.5) is 19.0 Å². The van der Waals surface area contributed by atoms with Gasteiger partial charge >= 0.3 is 0 Å². The molecule has 2 aliphatic rings. The number of anilines is 2. The van der Waals surface area contributed by atoms with Crippen molar-refractivity contribution in [3.05, 3.63) is 48.0 Å². The number of amides is 2. The zero-order valence-corrected chi connectivity index (χ0v) is 28.2. The Bertz CT molecular complexity index is 1540. The number of likely N-dealkylation sites (tertiary alicyclic amines) is 2. The lowest BCUT2D eigenvalue weighted by molar-refractivity contribution is -0.133. The number of unbranched alkanes of at least 4 members (excludes halogenated alkanes) is 3. The summed E-state index contributed by atoms with van der Waals surface area (Å²) in [5.41, 5.74) is 1.38. The zero-order valence-electron chi connectivity index (χ0n) is 26.6. The molecule has 46 heavy (non-hydrogen) atoms. The van der Waals surface area contributed by atoms with Crippen molar-refractivity contribution in [1.82, 2.24) is 19.8 Å². The maximum absolute atomic E-state index is 13.6. The van der Waals surface area contributed by atoms with Crippen LogP contribution in [0.15, 0.2) is 36.4 Å². The first kappa shape index (κ1) is 32.6. The van der Waals surface area contributed by atoms with Crippen LogP contribution < -0.4 is 9.80 Å². The number of hydrogen-bond acceptors (Lipinski definition) is 8. The summed E-state index contributed by atoms with van der Waals surface area (Å²) in [5, 5.41) is 1.78. The van der Waals surface area contributed by atoms with Crippen molar-refractivity contribution in [1.29, 1.82) is 0 Å². The number of fused-ring (bicyclic) bond motifs is 2. The molecule has 0 saturated carbocycles. The fourth-order valence-corrected chi connectivity index (χ4v) is 8.58. The normalized spacial score (nSPS) is 16.4. The van der Waals surface area contributed by atoms with E-state index >= 15 is 0 Å². The monoisotopic (exact) mass is 668 g/mol. The molecule has 8 nitrogen and oxygen atoms in total. The van der Waals surface area contributed by atoms with E-state index in [1.54, 1.807) is 34.8 Å². The predicted molar refractivity (Wildman–Crippen MR) is 183 cm³/mol. The van der Waals surface area contributed by atoms with Crippen molar-refractivity contribution in [3.8, 4) is 0 Å². The second kappa shape index (κ2) is 14.6. The van der Waals surface area contributed by atoms with Gasteiger partial charge in [-0.2, -0.15) is 0 Å². The van der Waals surface area contributed by atoms with Gasteiger partial charge in [-0.1, -0.05) is 35.5 Å². The van der Waals surface area contributed by atoms with Gasteiger partial charge in [-0.3, -0.25) is 9.59 Å². The van der Waals surface area contributed by atoms with E-state index in [-0.39, 0.29) is 23.4 Å². The summed E-state index contributed by atoms with van der Waals surface area (Å²) in [6.45, 7) is 2.98. The van der Waals surface area contributed by atoms with Crippen LogP contribution >= 0.6 is 22.7 Å². The Kier molecular flexibility index (Phi) is 10.3. The van der Waals surface area contributed by atoms with Gasteiger partial charge in [0.05, 0.1) is 20.4 Å². The molecule has 2 fully saturated rings. The molecule has 2 aromatic carbocycles. The van der Waals surface area contributed by atoms with Gasteiger partial charge in [0.1, 0.15) is 11.6 Å². The van der Waals surface area contributed by atoms with Crippen LogP contribution in [-0.4, -0.2) is 83.9 Å². The van der Waals surface area contributed by atoms with Crippen LogP contribution in [0.1, 0.15) is 64.2 Å². The van der Waals surface area contributed by atoms with Crippen LogP contribution in [0.3, 0.4) is 0 Å².